The maximum absolute atomic E-state index is 9.47. The number of hydrogen-bond donors (Lipinski definition) is 1. The minimum absolute atomic E-state index is 0.322. The number of ether oxygens (including phenoxy) is 1. The van der Waals surface area contributed by atoms with Crippen molar-refractivity contribution in [2.24, 2.45) is 0 Å². The van der Waals surface area contributed by atoms with Gasteiger partial charge in [0.2, 0.25) is 0 Å². The van der Waals surface area contributed by atoms with E-state index in [1.807, 2.05) is 12.1 Å². The highest BCUT2D eigenvalue weighted by molar-refractivity contribution is 5.43. The van der Waals surface area contributed by atoms with E-state index in [4.69, 9.17) is 4.74 Å². The highest BCUT2D eigenvalue weighted by Gasteiger charge is 2.22. The van der Waals surface area contributed by atoms with Crippen molar-refractivity contribution < 1.29 is 9.84 Å². The predicted octanol–water partition coefficient (Wildman–Crippen LogP) is 1.82. The van der Waals surface area contributed by atoms with Crippen LogP contribution in [0.2, 0.25) is 0 Å². The van der Waals surface area contributed by atoms with Gasteiger partial charge in [0.15, 0.2) is 0 Å². The van der Waals surface area contributed by atoms with E-state index in [1.54, 1.807) is 6.07 Å². The first-order valence-electron chi connectivity index (χ1n) is 5.27. The van der Waals surface area contributed by atoms with Crippen LogP contribution < -0.4 is 4.74 Å². The molecule has 0 aliphatic carbocycles. The van der Waals surface area contributed by atoms with Crippen LogP contribution >= 0.6 is 0 Å². The van der Waals surface area contributed by atoms with Gasteiger partial charge in [-0.3, -0.25) is 0 Å². The van der Waals surface area contributed by atoms with Gasteiger partial charge in [-0.05, 0) is 38.7 Å². The Morgan fingerprint density at radius 1 is 1.47 bits per heavy atom. The molecule has 0 spiro atoms. The fourth-order valence-corrected chi connectivity index (χ4v) is 2.08. The maximum Gasteiger partial charge on any atom is 0.123 e. The molecule has 1 N–H and O–H groups in total. The summed E-state index contributed by atoms with van der Waals surface area (Å²) in [7, 11) is 4.13. The Morgan fingerprint density at radius 2 is 2.27 bits per heavy atom. The van der Waals surface area contributed by atoms with Gasteiger partial charge in [-0.25, -0.2) is 0 Å². The number of benzene rings is 1. The second kappa shape index (κ2) is 4.11. The quantitative estimate of drug-likeness (QED) is 0.803. The average Bonchev–Trinajstić information content (AvgIpc) is 2.18. The molecule has 2 rings (SSSR count). The van der Waals surface area contributed by atoms with E-state index in [-0.39, 0.29) is 0 Å². The first-order valence-corrected chi connectivity index (χ1v) is 5.27. The zero-order valence-electron chi connectivity index (χ0n) is 9.23. The summed E-state index contributed by atoms with van der Waals surface area (Å²) in [6.07, 6.45) is 1.02. The van der Waals surface area contributed by atoms with E-state index >= 15 is 0 Å². The molecule has 1 aliphatic heterocycles. The average molecular weight is 207 g/mol. The number of aromatic hydroxyl groups is 1. The number of hydrogen-bond acceptors (Lipinski definition) is 3. The highest BCUT2D eigenvalue weighted by atomic mass is 16.5. The molecule has 0 amide bonds. The van der Waals surface area contributed by atoms with Gasteiger partial charge in [0.1, 0.15) is 11.5 Å². The van der Waals surface area contributed by atoms with Crippen LogP contribution in [0.1, 0.15) is 17.9 Å². The molecule has 1 atom stereocenters. The third-order valence-corrected chi connectivity index (χ3v) is 2.74. The molecule has 82 valence electrons. The summed E-state index contributed by atoms with van der Waals surface area (Å²) in [5.41, 5.74) is 1.13. The second-order valence-corrected chi connectivity index (χ2v) is 4.32. The Morgan fingerprint density at radius 3 is 3.00 bits per heavy atom. The molecule has 1 aromatic rings. The van der Waals surface area contributed by atoms with Gasteiger partial charge in [0.25, 0.3) is 0 Å². The molecular formula is C12H17NO2. The van der Waals surface area contributed by atoms with Gasteiger partial charge in [0, 0.05) is 18.0 Å². The number of phenols is 1. The summed E-state index contributed by atoms with van der Waals surface area (Å²) in [5, 5.41) is 9.47. The van der Waals surface area contributed by atoms with Crippen LogP contribution in [-0.4, -0.2) is 37.3 Å². The molecule has 3 nitrogen and oxygen atoms in total. The number of fused-ring (bicyclic) bond motifs is 1. The molecule has 3 heteroatoms. The van der Waals surface area contributed by atoms with Crippen LogP contribution in [0.4, 0.5) is 0 Å². The van der Waals surface area contributed by atoms with Crippen LogP contribution in [0.25, 0.3) is 0 Å². The molecule has 1 unspecified atom stereocenters. The molecule has 0 bridgehead atoms. The number of nitrogens with zero attached hydrogens (tertiary/aromatic N) is 1. The third kappa shape index (κ3) is 2.23. The van der Waals surface area contributed by atoms with Crippen LogP contribution in [0, 0.1) is 0 Å². The van der Waals surface area contributed by atoms with Gasteiger partial charge >= 0.3 is 0 Å². The van der Waals surface area contributed by atoms with Crippen molar-refractivity contribution >= 4 is 0 Å². The topological polar surface area (TPSA) is 32.7 Å². The molecule has 0 fully saturated rings. The summed E-state index contributed by atoms with van der Waals surface area (Å²) in [4.78, 5) is 2.17. The molecule has 15 heavy (non-hydrogen) atoms. The summed E-state index contributed by atoms with van der Waals surface area (Å²) in [6.45, 7) is 1.77. The lowest BCUT2D eigenvalue weighted by molar-refractivity contribution is 0.244. The monoisotopic (exact) mass is 207 g/mol. The number of likely N-dealkylation sites (N-methyl/N-ethyl adjacent to an activating group) is 1. The van der Waals surface area contributed by atoms with Crippen LogP contribution in [-0.2, 0) is 0 Å². The normalized spacial score (nSPS) is 19.8. The van der Waals surface area contributed by atoms with Crippen molar-refractivity contribution in [2.45, 2.75) is 12.3 Å². The van der Waals surface area contributed by atoms with Gasteiger partial charge in [0.05, 0.1) is 6.61 Å². The number of phenolic OH excluding ortho intramolecular Hbond substituents is 1. The van der Waals surface area contributed by atoms with Crippen molar-refractivity contribution in [1.29, 1.82) is 0 Å². The first-order chi connectivity index (χ1) is 7.16. The largest absolute Gasteiger partial charge is 0.508 e. The van der Waals surface area contributed by atoms with E-state index < -0.39 is 0 Å². The Hall–Kier alpha value is -1.22. The summed E-state index contributed by atoms with van der Waals surface area (Å²) < 4.78 is 5.56. The highest BCUT2D eigenvalue weighted by Crippen LogP contribution is 2.35. The third-order valence-electron chi connectivity index (χ3n) is 2.74. The van der Waals surface area contributed by atoms with Crippen molar-refractivity contribution in [2.75, 3.05) is 27.2 Å². The molecular weight excluding hydrogens is 190 g/mol. The Bertz CT molecular complexity index is 349. The standard InChI is InChI=1S/C12H17NO2/c1-13(2)8-9-5-6-15-12-4-3-10(14)7-11(9)12/h3-4,7,9,14H,5-6,8H2,1-2H3. The summed E-state index contributed by atoms with van der Waals surface area (Å²) in [6, 6.07) is 5.35. The summed E-state index contributed by atoms with van der Waals surface area (Å²) in [5.74, 6) is 1.71. The fraction of sp³-hybridized carbons (Fsp3) is 0.500. The molecule has 1 heterocycles. The Kier molecular flexibility index (Phi) is 2.82. The van der Waals surface area contributed by atoms with E-state index in [2.05, 4.69) is 19.0 Å². The first kappa shape index (κ1) is 10.3. The minimum Gasteiger partial charge on any atom is -0.508 e. The van der Waals surface area contributed by atoms with Crippen LogP contribution in [0.15, 0.2) is 18.2 Å². The lowest BCUT2D eigenvalue weighted by Crippen LogP contribution is -2.25. The van der Waals surface area contributed by atoms with Crippen molar-refractivity contribution in [3.05, 3.63) is 23.8 Å². The van der Waals surface area contributed by atoms with Crippen LogP contribution in [0.3, 0.4) is 0 Å². The lowest BCUT2D eigenvalue weighted by Gasteiger charge is -2.28. The fourth-order valence-electron chi connectivity index (χ4n) is 2.08. The maximum atomic E-state index is 9.47. The predicted molar refractivity (Wildman–Crippen MR) is 59.5 cm³/mol. The SMILES string of the molecule is CN(C)CC1CCOc2ccc(O)cc21. The Labute approximate surface area is 90.3 Å². The van der Waals surface area contributed by atoms with Gasteiger partial charge in [-0.2, -0.15) is 0 Å². The van der Waals surface area contributed by atoms with Crippen LogP contribution in [0.5, 0.6) is 11.5 Å². The van der Waals surface area contributed by atoms with Crippen molar-refractivity contribution in [1.82, 2.24) is 4.90 Å². The zero-order valence-corrected chi connectivity index (χ0v) is 9.23. The van der Waals surface area contributed by atoms with Crippen molar-refractivity contribution in [3.63, 3.8) is 0 Å². The summed E-state index contributed by atoms with van der Waals surface area (Å²) >= 11 is 0. The van der Waals surface area contributed by atoms with E-state index in [0.29, 0.717) is 11.7 Å². The molecule has 0 aromatic heterocycles. The lowest BCUT2D eigenvalue weighted by atomic mass is 9.92. The van der Waals surface area contributed by atoms with Gasteiger partial charge in [-0.1, -0.05) is 0 Å². The molecule has 0 saturated carbocycles. The Balaban J connectivity index is 2.28. The van der Waals surface area contributed by atoms with E-state index in [9.17, 15) is 5.11 Å². The molecule has 0 radical (unpaired) electrons. The molecule has 0 saturated heterocycles. The van der Waals surface area contributed by atoms with Gasteiger partial charge in [-0.15, -0.1) is 0 Å². The second-order valence-electron chi connectivity index (χ2n) is 4.32. The van der Waals surface area contributed by atoms with Gasteiger partial charge < -0.3 is 14.7 Å². The van der Waals surface area contributed by atoms with E-state index in [0.717, 1.165) is 30.9 Å². The molecule has 1 aliphatic rings. The smallest absolute Gasteiger partial charge is 0.123 e. The minimum atomic E-state index is 0.322. The van der Waals surface area contributed by atoms with Crippen molar-refractivity contribution in [3.8, 4) is 11.5 Å². The molecule has 1 aromatic carbocycles. The van der Waals surface area contributed by atoms with E-state index in [1.165, 1.54) is 0 Å². The number of rotatable bonds is 2. The zero-order chi connectivity index (χ0) is 10.8.